The van der Waals surface area contributed by atoms with Gasteiger partial charge in [-0.2, -0.15) is 5.10 Å². The molecule has 2 aliphatic rings. The van der Waals surface area contributed by atoms with Crippen molar-refractivity contribution in [3.8, 4) is 27.4 Å². The van der Waals surface area contributed by atoms with E-state index in [1.54, 1.807) is 23.5 Å². The number of aliphatic hydroxyl groups excluding tert-OH is 1. The van der Waals surface area contributed by atoms with E-state index in [-0.39, 0.29) is 48.4 Å². The van der Waals surface area contributed by atoms with Gasteiger partial charge < -0.3 is 31.1 Å². The Labute approximate surface area is 374 Å². The summed E-state index contributed by atoms with van der Waals surface area (Å²) in [6.07, 6.45) is 7.46. The van der Waals surface area contributed by atoms with Gasteiger partial charge in [0.25, 0.3) is 0 Å². The molecule has 15 heteroatoms. The number of β-amino-alcohol motifs (C(OH)–C–C–N with tert-alkyl or cyclic N) is 1. The van der Waals surface area contributed by atoms with E-state index in [9.17, 15) is 24.6 Å². The third kappa shape index (κ3) is 10.8. The Balaban J connectivity index is 0.825. The molecule has 0 bridgehead atoms. The van der Waals surface area contributed by atoms with Gasteiger partial charge in [-0.25, -0.2) is 4.98 Å². The van der Waals surface area contributed by atoms with E-state index in [0.717, 1.165) is 91.8 Å². The number of nitrogens with one attached hydrogen (secondary N) is 1. The van der Waals surface area contributed by atoms with E-state index >= 15 is 0 Å². The topological polar surface area (TPSA) is 193 Å². The van der Waals surface area contributed by atoms with Gasteiger partial charge in [0.15, 0.2) is 11.3 Å². The van der Waals surface area contributed by atoms with Gasteiger partial charge >= 0.3 is 0 Å². The summed E-state index contributed by atoms with van der Waals surface area (Å²) in [6, 6.07) is 16.1. The lowest BCUT2D eigenvalue weighted by Gasteiger charge is -2.34. The van der Waals surface area contributed by atoms with Crippen molar-refractivity contribution < 1.29 is 24.6 Å². The molecule has 2 aliphatic heterocycles. The molecular weight excluding hydrogens is 815 g/mol. The molecule has 7 rings (SSSR count). The van der Waals surface area contributed by atoms with Crippen molar-refractivity contribution in [2.24, 2.45) is 11.3 Å². The van der Waals surface area contributed by atoms with Crippen LogP contribution in [0.3, 0.4) is 0 Å². The number of nitrogen functional groups attached to an aromatic ring is 1. The van der Waals surface area contributed by atoms with Crippen molar-refractivity contribution in [1.82, 2.24) is 40.1 Å². The number of piperidine rings is 1. The Morgan fingerprint density at radius 3 is 2.35 bits per heavy atom. The first-order valence-corrected chi connectivity index (χ1v) is 23.4. The molecule has 2 amide bonds. The Kier molecular flexibility index (Phi) is 14.6. The van der Waals surface area contributed by atoms with Crippen LogP contribution in [-0.2, 0) is 14.4 Å². The molecule has 2 saturated heterocycles. The number of carbonyl (C=O) groups excluding carboxylic acids is 3. The summed E-state index contributed by atoms with van der Waals surface area (Å²) in [5, 5.41) is 37.4. The number of aromatic nitrogens is 5. The fraction of sp³-hybridized carbons (Fsp3) is 0.521. The molecule has 14 nitrogen and oxygen atoms in total. The third-order valence-electron chi connectivity index (χ3n) is 12.8. The number of phenols is 1. The van der Waals surface area contributed by atoms with Gasteiger partial charge in [0.1, 0.15) is 23.5 Å². The minimum absolute atomic E-state index is 0.0288. The van der Waals surface area contributed by atoms with Crippen molar-refractivity contribution in [1.29, 1.82) is 0 Å². The van der Waals surface area contributed by atoms with E-state index < -0.39 is 23.5 Å². The highest BCUT2D eigenvalue weighted by Gasteiger charge is 2.46. The van der Waals surface area contributed by atoms with Crippen molar-refractivity contribution in [2.45, 2.75) is 123 Å². The number of nitrogens with zero attached hydrogens (tertiary/aromatic N) is 7. The number of para-hydroxylation sites is 1. The summed E-state index contributed by atoms with van der Waals surface area (Å²) in [5.74, 6) is -1.19. The lowest BCUT2D eigenvalue weighted by Crippen LogP contribution is -2.51. The second-order valence-electron chi connectivity index (χ2n) is 18.5. The predicted octanol–water partition coefficient (Wildman–Crippen LogP) is 7.65. The molecule has 1 unspecified atom stereocenters. The quantitative estimate of drug-likeness (QED) is 0.0530. The summed E-state index contributed by atoms with van der Waals surface area (Å²) in [4.78, 5) is 51.0. The van der Waals surface area contributed by atoms with Crippen molar-refractivity contribution in [2.75, 3.05) is 31.9 Å². The number of benzene rings is 2. The monoisotopic (exact) mass is 877 g/mol. The fourth-order valence-corrected chi connectivity index (χ4v) is 10.1. The van der Waals surface area contributed by atoms with E-state index in [1.165, 1.54) is 4.90 Å². The van der Waals surface area contributed by atoms with Crippen LogP contribution in [0.1, 0.15) is 115 Å². The first-order valence-electron chi connectivity index (χ1n) is 22.5. The molecule has 5 aromatic rings. The fourth-order valence-electron chi connectivity index (χ4n) is 9.29. The van der Waals surface area contributed by atoms with Gasteiger partial charge in [-0.1, -0.05) is 82.9 Å². The number of phenolic OH excluding ortho intramolecular Hbond substituents is 1. The summed E-state index contributed by atoms with van der Waals surface area (Å²) >= 11 is 1.59. The molecular formula is C48H63N9O5S. The molecule has 5 N–H and O–H groups in total. The number of aromatic hydroxyl groups is 1. The SMILES string of the molecule is Cc1ncsc1-c1ccc([C@H](C)NC(=O)[C@@H]2C[C@@H](O)CN2C(=O)C(C(=O)CCCCCCCCN2CCC(n3nc(N)c4nnc(-c5ccccc5O)cc43)CC2)C(C)(C)C)cc1. The zero-order valence-corrected chi connectivity index (χ0v) is 38.1. The zero-order valence-electron chi connectivity index (χ0n) is 37.3. The van der Waals surface area contributed by atoms with Crippen molar-refractivity contribution in [3.63, 3.8) is 0 Å². The second kappa shape index (κ2) is 20.1. The first kappa shape index (κ1) is 45.8. The van der Waals surface area contributed by atoms with Gasteiger partial charge in [0, 0.05) is 38.0 Å². The smallest absolute Gasteiger partial charge is 0.243 e. The molecule has 2 fully saturated rings. The van der Waals surface area contributed by atoms with E-state index in [4.69, 9.17) is 5.73 Å². The predicted molar refractivity (Wildman–Crippen MR) is 247 cm³/mol. The number of rotatable bonds is 17. The maximum absolute atomic E-state index is 14.2. The van der Waals surface area contributed by atoms with Crippen LogP contribution < -0.4 is 11.1 Å². The highest BCUT2D eigenvalue weighted by molar-refractivity contribution is 7.13. The van der Waals surface area contributed by atoms with Gasteiger partial charge in [-0.3, -0.25) is 19.1 Å². The van der Waals surface area contributed by atoms with Crippen LogP contribution >= 0.6 is 11.3 Å². The number of aliphatic hydroxyl groups is 1. The maximum atomic E-state index is 14.2. The largest absolute Gasteiger partial charge is 0.507 e. The number of thiazole rings is 1. The number of hydrogen-bond acceptors (Lipinski definition) is 12. The summed E-state index contributed by atoms with van der Waals surface area (Å²) in [7, 11) is 0. The molecule has 2 aromatic carbocycles. The van der Waals surface area contributed by atoms with Crippen molar-refractivity contribution in [3.05, 3.63) is 71.4 Å². The number of carbonyl (C=O) groups is 3. The average Bonchev–Trinajstić information content (AvgIpc) is 3.97. The minimum atomic E-state index is -0.901. The number of nitrogens with two attached hydrogens (primary N) is 1. The molecule has 4 atom stereocenters. The van der Waals surface area contributed by atoms with Crippen LogP contribution in [-0.4, -0.2) is 101 Å². The molecule has 3 aromatic heterocycles. The lowest BCUT2D eigenvalue weighted by molar-refractivity contribution is -0.149. The summed E-state index contributed by atoms with van der Waals surface area (Å²) in [6.45, 7) is 12.6. The Bertz CT molecular complexity index is 2370. The number of Topliss-reactive ketones (excluding diaryl/α,β-unsaturated/α-hetero) is 1. The number of fused-ring (bicyclic) bond motifs is 1. The minimum Gasteiger partial charge on any atom is -0.507 e. The third-order valence-corrected chi connectivity index (χ3v) is 13.8. The Morgan fingerprint density at radius 2 is 1.67 bits per heavy atom. The zero-order chi connectivity index (χ0) is 44.8. The molecule has 63 heavy (non-hydrogen) atoms. The summed E-state index contributed by atoms with van der Waals surface area (Å²) < 4.78 is 1.99. The van der Waals surface area contributed by atoms with E-state index in [0.29, 0.717) is 35.4 Å². The number of hydrogen-bond donors (Lipinski definition) is 4. The van der Waals surface area contributed by atoms with E-state index in [1.807, 2.05) is 87.3 Å². The van der Waals surface area contributed by atoms with Crippen LogP contribution in [0.4, 0.5) is 5.82 Å². The van der Waals surface area contributed by atoms with Crippen LogP contribution in [0.25, 0.3) is 32.7 Å². The molecule has 0 saturated carbocycles. The maximum Gasteiger partial charge on any atom is 0.243 e. The second-order valence-corrected chi connectivity index (χ2v) is 19.4. The Hall–Kier alpha value is -5.25. The van der Waals surface area contributed by atoms with Crippen LogP contribution in [0.15, 0.2) is 60.1 Å². The van der Waals surface area contributed by atoms with Crippen LogP contribution in [0.2, 0.25) is 0 Å². The molecule has 5 heterocycles. The van der Waals surface area contributed by atoms with Gasteiger partial charge in [0.05, 0.1) is 45.5 Å². The van der Waals surface area contributed by atoms with Gasteiger partial charge in [0.2, 0.25) is 11.8 Å². The van der Waals surface area contributed by atoms with Gasteiger partial charge in [-0.15, -0.1) is 21.5 Å². The molecule has 0 aliphatic carbocycles. The van der Waals surface area contributed by atoms with Gasteiger partial charge in [-0.05, 0) is 80.8 Å². The molecule has 0 radical (unpaired) electrons. The number of likely N-dealkylation sites (tertiary alicyclic amines) is 2. The molecule has 0 spiro atoms. The molecule has 336 valence electrons. The number of amides is 2. The van der Waals surface area contributed by atoms with Crippen LogP contribution in [0, 0.1) is 18.3 Å². The van der Waals surface area contributed by atoms with Crippen LogP contribution in [0.5, 0.6) is 5.75 Å². The first-order chi connectivity index (χ1) is 30.2. The highest BCUT2D eigenvalue weighted by atomic mass is 32.1. The number of aryl methyl sites for hydroxylation is 1. The average molecular weight is 878 g/mol. The lowest BCUT2D eigenvalue weighted by atomic mass is 9.76. The number of unbranched alkanes of at least 4 members (excludes halogenated alkanes) is 5. The number of anilines is 1. The van der Waals surface area contributed by atoms with Crippen molar-refractivity contribution >= 4 is 45.8 Å². The number of ketones is 1. The standard InChI is InChI=1S/C48H63N9O5S/c1-30(32-17-19-33(20-18-32)44-31(2)50-29-63-44)51-46(61)39-26-35(58)28-56(39)47(62)42(48(3,4)5)41(60)16-10-8-6-7-9-13-23-55-24-21-34(22-25-55)57-38-27-37(36-14-11-12-15-40(36)59)52-53-43(38)45(49)54-57/h11-12,14-15,17-20,27,29-30,34-35,39,42,58-59H,6-10,13,16,21-26,28H2,1-5H3,(H2,49,54)(H,51,61)/t30-,35+,39-,42?/m0/s1. The normalized spacial score (nSPS) is 18.5. The summed E-state index contributed by atoms with van der Waals surface area (Å²) in [5.41, 5.74) is 13.0. The Morgan fingerprint density at radius 1 is 0.968 bits per heavy atom. The highest BCUT2D eigenvalue weighted by Crippen LogP contribution is 2.35. The van der Waals surface area contributed by atoms with E-state index in [2.05, 4.69) is 30.5 Å².